The molecule has 0 radical (unpaired) electrons. The van der Waals surface area contributed by atoms with Gasteiger partial charge in [0.05, 0.1) is 20.8 Å². The Labute approximate surface area is 243 Å². The molecule has 1 saturated heterocycles. The van der Waals surface area contributed by atoms with E-state index < -0.39 is 73.9 Å². The van der Waals surface area contributed by atoms with E-state index >= 15 is 0 Å². The number of alkyl carbamates (subject to hydrolysis) is 1. The van der Waals surface area contributed by atoms with E-state index in [1.165, 1.54) is 12.1 Å². The number of hydrogen-bond donors (Lipinski definition) is 4. The van der Waals surface area contributed by atoms with Crippen LogP contribution in [0, 0.1) is 35.2 Å². The summed E-state index contributed by atoms with van der Waals surface area (Å²) in [7, 11) is -4.13. The predicted molar refractivity (Wildman–Crippen MR) is 143 cm³/mol. The van der Waals surface area contributed by atoms with Gasteiger partial charge in [0.2, 0.25) is 5.91 Å². The lowest BCUT2D eigenvalue weighted by Gasteiger charge is -2.43. The first kappa shape index (κ1) is 30.1. The summed E-state index contributed by atoms with van der Waals surface area (Å²) in [4.78, 5) is 36.2. The molecule has 1 unspecified atom stereocenters. The van der Waals surface area contributed by atoms with Crippen LogP contribution in [-0.2, 0) is 19.4 Å². The monoisotopic (exact) mass is 629 g/mol. The predicted octanol–water partition coefficient (Wildman–Crippen LogP) is 3.17. The maximum Gasteiger partial charge on any atom is 0.407 e. The first-order valence-corrected chi connectivity index (χ1v) is 15.1. The van der Waals surface area contributed by atoms with Crippen molar-refractivity contribution in [2.45, 2.75) is 48.0 Å². The first-order chi connectivity index (χ1) is 19.7. The molecule has 10 nitrogen and oxygen atoms in total. The van der Waals surface area contributed by atoms with E-state index in [0.717, 1.165) is 6.07 Å². The summed E-state index contributed by atoms with van der Waals surface area (Å²) in [5.74, 6) is -7.17. The van der Waals surface area contributed by atoms with E-state index in [1.54, 1.807) is 0 Å². The van der Waals surface area contributed by atoms with E-state index in [4.69, 9.17) is 16.3 Å². The lowest BCUT2D eigenvalue weighted by molar-refractivity contribution is -0.126. The largest absolute Gasteiger partial charge is 0.447 e. The molecule has 3 fully saturated rings. The highest BCUT2D eigenvalue weighted by Crippen LogP contribution is 2.54. The molecular weight excluding hydrogens is 603 g/mol. The Bertz CT molecular complexity index is 1550. The van der Waals surface area contributed by atoms with Crippen LogP contribution in [0.5, 0.6) is 0 Å². The molecule has 2 bridgehead atoms. The molecule has 0 aromatic heterocycles. The number of nitrogens with one attached hydrogen (secondary N) is 3. The number of aliphatic hydroxyl groups is 1. The Morgan fingerprint density at radius 3 is 2.45 bits per heavy atom. The first-order valence-electron chi connectivity index (χ1n) is 13.1. The van der Waals surface area contributed by atoms with Crippen molar-refractivity contribution in [1.29, 1.82) is 0 Å². The number of rotatable bonds is 7. The number of sulfone groups is 1. The van der Waals surface area contributed by atoms with Crippen LogP contribution >= 0.6 is 11.6 Å². The fraction of sp³-hybridized carbons (Fsp3) is 0.444. The molecule has 42 heavy (non-hydrogen) atoms. The smallest absolute Gasteiger partial charge is 0.407 e. The number of carbonyl (C=O) groups excluding carboxylic acids is 3. The van der Waals surface area contributed by atoms with Gasteiger partial charge in [0.25, 0.3) is 5.91 Å². The van der Waals surface area contributed by atoms with Gasteiger partial charge in [0.15, 0.2) is 27.3 Å². The number of carbonyl (C=O) groups is 3. The summed E-state index contributed by atoms with van der Waals surface area (Å²) in [6, 6.07) is 3.80. The van der Waals surface area contributed by atoms with Crippen LogP contribution in [0.2, 0.25) is 5.02 Å². The van der Waals surface area contributed by atoms with Crippen LogP contribution in [0.4, 0.5) is 23.7 Å². The van der Waals surface area contributed by atoms with Crippen molar-refractivity contribution in [3.63, 3.8) is 0 Å². The molecule has 226 valence electrons. The van der Waals surface area contributed by atoms with Gasteiger partial charge < -0.3 is 25.8 Å². The molecule has 1 aliphatic heterocycles. The molecular formula is C27H27ClF3N3O7S. The number of hydrogen-bond acceptors (Lipinski definition) is 7. The highest BCUT2D eigenvalue weighted by Gasteiger charge is 2.58. The lowest BCUT2D eigenvalue weighted by atomic mass is 9.73. The second-order valence-electron chi connectivity index (χ2n) is 11.0. The van der Waals surface area contributed by atoms with Crippen molar-refractivity contribution in [3.05, 3.63) is 58.4 Å². The van der Waals surface area contributed by atoms with E-state index in [1.807, 2.05) is 6.92 Å². The molecule has 2 saturated carbocycles. The Balaban J connectivity index is 1.33. The van der Waals surface area contributed by atoms with Crippen LogP contribution in [0.15, 0.2) is 35.2 Å². The molecule has 0 spiro atoms. The average molecular weight is 630 g/mol. The topological polar surface area (TPSA) is 151 Å². The quantitative estimate of drug-likeness (QED) is 0.344. The van der Waals surface area contributed by atoms with Crippen LogP contribution in [0.25, 0.3) is 0 Å². The third kappa shape index (κ3) is 5.42. The van der Waals surface area contributed by atoms with Crippen molar-refractivity contribution in [2.24, 2.45) is 17.8 Å². The zero-order chi connectivity index (χ0) is 30.6. The van der Waals surface area contributed by atoms with Crippen molar-refractivity contribution < 1.29 is 45.8 Å². The maximum atomic E-state index is 13.8. The Kier molecular flexibility index (Phi) is 7.92. The van der Waals surface area contributed by atoms with Crippen molar-refractivity contribution in [3.8, 4) is 0 Å². The normalized spacial score (nSPS) is 28.6. The molecule has 4 N–H and O–H groups in total. The SMILES string of the molecule is C[C@H]1CC2C[C@@H](S(=O)(=O)c3cc(C(=O)Nc4cc(F)c(F)c(F)c4)ccc3Cl)C[C@H]1[C@@]2(O)CNC(=O)[C@H]1COC(=O)N1. The number of fused-ring (bicyclic) bond motifs is 2. The van der Waals surface area contributed by atoms with Crippen LogP contribution in [0.3, 0.4) is 0 Å². The molecule has 2 aliphatic carbocycles. The van der Waals surface area contributed by atoms with Gasteiger partial charge in [-0.05, 0) is 55.2 Å². The van der Waals surface area contributed by atoms with Gasteiger partial charge in [-0.1, -0.05) is 18.5 Å². The second-order valence-corrected chi connectivity index (χ2v) is 13.6. The van der Waals surface area contributed by atoms with Gasteiger partial charge in [-0.25, -0.2) is 26.4 Å². The number of benzene rings is 2. The molecule has 1 heterocycles. The highest BCUT2D eigenvalue weighted by molar-refractivity contribution is 7.92. The average Bonchev–Trinajstić information content (AvgIpc) is 3.39. The number of anilines is 1. The zero-order valence-corrected chi connectivity index (χ0v) is 23.7. The summed E-state index contributed by atoms with van der Waals surface area (Å²) in [6.07, 6.45) is -0.0597. The maximum absolute atomic E-state index is 13.8. The van der Waals surface area contributed by atoms with Gasteiger partial charge in [0.1, 0.15) is 12.6 Å². The summed E-state index contributed by atoms with van der Waals surface area (Å²) < 4.78 is 72.8. The van der Waals surface area contributed by atoms with Gasteiger partial charge in [-0.2, -0.15) is 0 Å². The molecule has 3 amide bonds. The number of halogens is 4. The van der Waals surface area contributed by atoms with Crippen molar-refractivity contribution >= 4 is 45.0 Å². The minimum absolute atomic E-state index is 0.0595. The number of amides is 3. The fourth-order valence-electron chi connectivity index (χ4n) is 6.33. The minimum Gasteiger partial charge on any atom is -0.447 e. The summed E-state index contributed by atoms with van der Waals surface area (Å²) in [5.41, 5.74) is -1.92. The van der Waals surface area contributed by atoms with E-state index in [2.05, 4.69) is 16.0 Å². The summed E-state index contributed by atoms with van der Waals surface area (Å²) >= 11 is 6.27. The molecule has 3 aliphatic rings. The Morgan fingerprint density at radius 1 is 1.14 bits per heavy atom. The standard InChI is InChI=1S/C27H27ClF3N3O7S/c1-12-4-14-6-16(9-17(12)27(14,38)11-32-25(36)21-10-41-26(37)34-21)42(39,40)22-5-13(2-3-18(22)28)24(35)33-15-7-19(29)23(31)20(30)8-15/h2-3,5,7-8,12,14,16-17,21,38H,4,6,9-11H2,1H3,(H,32,36)(H,33,35)(H,34,37)/t12-,14?,16+,17+,21+,27+/m0/s1. The molecule has 2 aromatic carbocycles. The molecule has 6 atom stereocenters. The van der Waals surface area contributed by atoms with Crippen molar-refractivity contribution in [2.75, 3.05) is 18.5 Å². The number of cyclic esters (lactones) is 1. The van der Waals surface area contributed by atoms with Gasteiger partial charge in [-0.15, -0.1) is 0 Å². The third-order valence-corrected chi connectivity index (χ3v) is 11.1. The van der Waals surface area contributed by atoms with Gasteiger partial charge in [0, 0.05) is 29.9 Å². The zero-order valence-electron chi connectivity index (χ0n) is 22.1. The summed E-state index contributed by atoms with van der Waals surface area (Å²) in [6.45, 7) is 1.63. The van der Waals surface area contributed by atoms with Gasteiger partial charge in [-0.3, -0.25) is 9.59 Å². The second kappa shape index (κ2) is 11.0. The van der Waals surface area contributed by atoms with E-state index in [9.17, 15) is 41.1 Å². The third-order valence-electron chi connectivity index (χ3n) is 8.47. The number of ether oxygens (including phenoxy) is 1. The Morgan fingerprint density at radius 2 is 1.83 bits per heavy atom. The Hall–Kier alpha value is -3.36. The minimum atomic E-state index is -4.13. The van der Waals surface area contributed by atoms with E-state index in [-0.39, 0.29) is 53.1 Å². The van der Waals surface area contributed by atoms with Crippen LogP contribution in [0.1, 0.15) is 36.5 Å². The molecule has 15 heteroatoms. The fourth-order valence-corrected chi connectivity index (χ4v) is 8.70. The lowest BCUT2D eigenvalue weighted by Crippen LogP contribution is -2.57. The highest BCUT2D eigenvalue weighted by atomic mass is 35.5. The van der Waals surface area contributed by atoms with Crippen LogP contribution < -0.4 is 16.0 Å². The molecule has 2 aromatic rings. The summed E-state index contributed by atoms with van der Waals surface area (Å²) in [5, 5.41) is 17.8. The molecule has 5 rings (SSSR count). The van der Waals surface area contributed by atoms with Gasteiger partial charge >= 0.3 is 6.09 Å². The van der Waals surface area contributed by atoms with Crippen LogP contribution in [-0.4, -0.2) is 61.5 Å². The van der Waals surface area contributed by atoms with Crippen molar-refractivity contribution in [1.82, 2.24) is 10.6 Å². The van der Waals surface area contributed by atoms with E-state index in [0.29, 0.717) is 18.6 Å².